The maximum atomic E-state index is 12.1. The van der Waals surface area contributed by atoms with E-state index in [1.165, 1.54) is 29.8 Å². The molecule has 25 heavy (non-hydrogen) atoms. The van der Waals surface area contributed by atoms with E-state index in [9.17, 15) is 19.8 Å². The summed E-state index contributed by atoms with van der Waals surface area (Å²) in [5.41, 5.74) is 0.419. The summed E-state index contributed by atoms with van der Waals surface area (Å²) in [6, 6.07) is 5.88. The molecular weight excluding hydrogens is 392 g/mol. The molecule has 2 amide bonds. The minimum atomic E-state index is -0.730. The van der Waals surface area contributed by atoms with Crippen molar-refractivity contribution in [1.82, 2.24) is 9.13 Å². The fraction of sp³-hybridized carbons (Fsp3) is 0.125. The molecule has 0 unspecified atom stereocenters. The highest BCUT2D eigenvalue weighted by atomic mass is 79.9. The maximum absolute atomic E-state index is 12.1. The first-order chi connectivity index (χ1) is 11.8. The Morgan fingerprint density at radius 2 is 1.64 bits per heavy atom. The van der Waals surface area contributed by atoms with Crippen molar-refractivity contribution in [3.8, 4) is 11.8 Å². The molecule has 0 spiro atoms. The summed E-state index contributed by atoms with van der Waals surface area (Å²) in [6.07, 6.45) is 1.68. The van der Waals surface area contributed by atoms with Gasteiger partial charge in [-0.1, -0.05) is 0 Å². The zero-order valence-corrected chi connectivity index (χ0v) is 14.9. The van der Waals surface area contributed by atoms with Gasteiger partial charge in [0, 0.05) is 41.1 Å². The summed E-state index contributed by atoms with van der Waals surface area (Å²) in [5.74, 6) is -1.67. The summed E-state index contributed by atoms with van der Waals surface area (Å²) < 4.78 is 3.47. The van der Waals surface area contributed by atoms with E-state index in [0.29, 0.717) is 15.2 Å². The second-order valence-electron chi connectivity index (χ2n) is 5.43. The zero-order chi connectivity index (χ0) is 18.3. The van der Waals surface area contributed by atoms with Crippen LogP contribution in [0.5, 0.6) is 11.8 Å². The summed E-state index contributed by atoms with van der Waals surface area (Å²) in [7, 11) is 3.16. The number of aromatic nitrogens is 2. The predicted octanol–water partition coefficient (Wildman–Crippen LogP) is 3.12. The SMILES string of the molecule is Cn1cc(Br)cc1C(=O)N=NC(=O)c1ccc2c(O)n(C)c(O)c2c1. The van der Waals surface area contributed by atoms with Crippen LogP contribution in [0.1, 0.15) is 20.8 Å². The Kier molecular flexibility index (Phi) is 4.17. The second-order valence-corrected chi connectivity index (χ2v) is 6.35. The van der Waals surface area contributed by atoms with Crippen LogP contribution >= 0.6 is 15.9 Å². The van der Waals surface area contributed by atoms with Gasteiger partial charge in [-0.15, -0.1) is 10.2 Å². The molecule has 9 heteroatoms. The Morgan fingerprint density at radius 3 is 2.28 bits per heavy atom. The Bertz CT molecular complexity index is 1050. The average molecular weight is 405 g/mol. The number of carbonyl (C=O) groups is 2. The van der Waals surface area contributed by atoms with Crippen LogP contribution < -0.4 is 0 Å². The Morgan fingerprint density at radius 1 is 1.00 bits per heavy atom. The van der Waals surface area contributed by atoms with E-state index in [1.807, 2.05) is 0 Å². The number of aryl methyl sites for hydroxylation is 1. The van der Waals surface area contributed by atoms with Gasteiger partial charge < -0.3 is 14.8 Å². The number of carbonyl (C=O) groups excluding carboxylic acids is 2. The molecule has 2 aromatic heterocycles. The third kappa shape index (κ3) is 2.93. The van der Waals surface area contributed by atoms with Gasteiger partial charge in [0.15, 0.2) is 0 Å². The minimum absolute atomic E-state index is 0.113. The van der Waals surface area contributed by atoms with Gasteiger partial charge >= 0.3 is 5.91 Å². The van der Waals surface area contributed by atoms with Crippen LogP contribution in [0.4, 0.5) is 0 Å². The Labute approximate surface area is 150 Å². The van der Waals surface area contributed by atoms with Crippen LogP contribution in [0.2, 0.25) is 0 Å². The lowest BCUT2D eigenvalue weighted by Gasteiger charge is -1.97. The van der Waals surface area contributed by atoms with Crippen LogP contribution in [0, 0.1) is 0 Å². The van der Waals surface area contributed by atoms with E-state index < -0.39 is 11.8 Å². The van der Waals surface area contributed by atoms with Crippen molar-refractivity contribution in [2.24, 2.45) is 24.3 Å². The third-order valence-electron chi connectivity index (χ3n) is 3.81. The summed E-state index contributed by atoms with van der Waals surface area (Å²) in [6.45, 7) is 0. The van der Waals surface area contributed by atoms with Crippen LogP contribution in [0.25, 0.3) is 10.8 Å². The largest absolute Gasteiger partial charge is 0.494 e. The number of hydrogen-bond acceptors (Lipinski definition) is 4. The fourth-order valence-electron chi connectivity index (χ4n) is 2.46. The van der Waals surface area contributed by atoms with Crippen LogP contribution in [0.15, 0.2) is 45.2 Å². The van der Waals surface area contributed by atoms with E-state index in [4.69, 9.17) is 0 Å². The molecule has 1 aromatic carbocycles. The van der Waals surface area contributed by atoms with E-state index in [-0.39, 0.29) is 23.0 Å². The smallest absolute Gasteiger partial charge is 0.312 e. The molecule has 0 aliphatic carbocycles. The van der Waals surface area contributed by atoms with Crippen molar-refractivity contribution < 1.29 is 19.8 Å². The van der Waals surface area contributed by atoms with Gasteiger partial charge in [-0.25, -0.2) is 0 Å². The Hall–Kier alpha value is -2.94. The van der Waals surface area contributed by atoms with Crippen molar-refractivity contribution in [3.05, 3.63) is 46.2 Å². The van der Waals surface area contributed by atoms with Crippen molar-refractivity contribution in [1.29, 1.82) is 0 Å². The molecule has 3 aromatic rings. The highest BCUT2D eigenvalue weighted by molar-refractivity contribution is 9.10. The van der Waals surface area contributed by atoms with Crippen molar-refractivity contribution in [2.45, 2.75) is 0 Å². The molecular formula is C16H13BrN4O4. The monoisotopic (exact) mass is 404 g/mol. The standard InChI is InChI=1S/C16H13BrN4O4/c1-20-7-9(17)6-12(20)14(23)19-18-13(22)8-3-4-10-11(5-8)16(25)21(2)15(10)24/h3-7,24-25H,1-2H3. The molecule has 8 nitrogen and oxygen atoms in total. The zero-order valence-electron chi connectivity index (χ0n) is 13.3. The average Bonchev–Trinajstić information content (AvgIpc) is 3.04. The Balaban J connectivity index is 1.88. The molecule has 0 bridgehead atoms. The molecule has 0 saturated carbocycles. The first-order valence-corrected chi connectivity index (χ1v) is 7.91. The van der Waals surface area contributed by atoms with Crippen LogP contribution in [-0.4, -0.2) is 31.2 Å². The number of hydrogen-bond donors (Lipinski definition) is 2. The van der Waals surface area contributed by atoms with Gasteiger partial charge in [0.2, 0.25) is 11.8 Å². The van der Waals surface area contributed by atoms with Gasteiger partial charge in [0.05, 0.1) is 0 Å². The summed E-state index contributed by atoms with van der Waals surface area (Å²) >= 11 is 3.25. The number of benzene rings is 1. The van der Waals surface area contributed by atoms with Gasteiger partial charge in [-0.3, -0.25) is 14.2 Å². The van der Waals surface area contributed by atoms with Crippen molar-refractivity contribution in [2.75, 3.05) is 0 Å². The molecule has 0 aliphatic heterocycles. The van der Waals surface area contributed by atoms with E-state index in [1.54, 1.807) is 23.9 Å². The second kappa shape index (κ2) is 6.17. The fourth-order valence-corrected chi connectivity index (χ4v) is 2.98. The first-order valence-electron chi connectivity index (χ1n) is 7.12. The number of halogens is 1. The normalized spacial score (nSPS) is 11.5. The molecule has 0 atom stereocenters. The van der Waals surface area contributed by atoms with Gasteiger partial charge in [-0.2, -0.15) is 0 Å². The molecule has 3 rings (SSSR count). The first kappa shape index (κ1) is 16.9. The van der Waals surface area contributed by atoms with Gasteiger partial charge in [0.1, 0.15) is 5.69 Å². The lowest BCUT2D eigenvalue weighted by molar-refractivity contribution is 0.0942. The number of amides is 2. The quantitative estimate of drug-likeness (QED) is 0.639. The number of aromatic hydroxyl groups is 2. The topological polar surface area (TPSA) is 109 Å². The van der Waals surface area contributed by atoms with E-state index in [2.05, 4.69) is 26.2 Å². The molecule has 0 radical (unpaired) electrons. The van der Waals surface area contributed by atoms with Crippen molar-refractivity contribution >= 4 is 38.5 Å². The van der Waals surface area contributed by atoms with Gasteiger partial charge in [0.25, 0.3) is 5.91 Å². The molecule has 128 valence electrons. The van der Waals surface area contributed by atoms with Gasteiger partial charge in [-0.05, 0) is 40.2 Å². The molecule has 0 aliphatic rings. The highest BCUT2D eigenvalue weighted by Crippen LogP contribution is 2.35. The molecule has 0 saturated heterocycles. The molecule has 2 N–H and O–H groups in total. The molecule has 0 fully saturated rings. The highest BCUT2D eigenvalue weighted by Gasteiger charge is 2.16. The maximum Gasteiger partial charge on any atom is 0.312 e. The lowest BCUT2D eigenvalue weighted by atomic mass is 10.1. The lowest BCUT2D eigenvalue weighted by Crippen LogP contribution is -2.03. The number of fused-ring (bicyclic) bond motifs is 1. The summed E-state index contributed by atoms with van der Waals surface area (Å²) in [4.78, 5) is 24.1. The number of rotatable bonds is 2. The van der Waals surface area contributed by atoms with Crippen LogP contribution in [0.3, 0.4) is 0 Å². The predicted molar refractivity (Wildman–Crippen MR) is 92.9 cm³/mol. The van der Waals surface area contributed by atoms with Crippen LogP contribution in [-0.2, 0) is 14.1 Å². The minimum Gasteiger partial charge on any atom is -0.494 e. The van der Waals surface area contributed by atoms with E-state index in [0.717, 1.165) is 0 Å². The molecule has 2 heterocycles. The summed E-state index contributed by atoms with van der Waals surface area (Å²) in [5, 5.41) is 27.4. The number of azo groups is 1. The van der Waals surface area contributed by atoms with Crippen molar-refractivity contribution in [3.63, 3.8) is 0 Å². The number of nitrogens with zero attached hydrogens (tertiary/aromatic N) is 4. The van der Waals surface area contributed by atoms with E-state index >= 15 is 0 Å². The third-order valence-corrected chi connectivity index (χ3v) is 4.24.